The average Bonchev–Trinajstić information content (AvgIpc) is 3.44. The highest BCUT2D eigenvalue weighted by atomic mass is 16.8. The van der Waals surface area contributed by atoms with Crippen molar-refractivity contribution < 1.29 is 82.8 Å². The predicted molar refractivity (Wildman–Crippen MR) is 213 cm³/mol. The van der Waals surface area contributed by atoms with Crippen LogP contribution in [0.4, 0.5) is 0 Å². The van der Waals surface area contributed by atoms with Crippen LogP contribution in [0, 0.1) is 22.7 Å². The number of carbonyl (C=O) groups is 1. The van der Waals surface area contributed by atoms with E-state index in [-0.39, 0.29) is 37.4 Å². The first-order valence-corrected chi connectivity index (χ1v) is 22.5. The smallest absolute Gasteiger partial charge is 0.302 e. The molecule has 4 saturated carbocycles. The zero-order chi connectivity index (χ0) is 44.6. The summed E-state index contributed by atoms with van der Waals surface area (Å²) in [6.45, 7) is 12.1. The SMILES string of the molecule is CO[C@@H]1[C@@H](O)[C@H](O[C@H]2[C@@H](OC)C[C@H](O[C@H]3[C@@H](OC)C[C@H](O[C@H]4CC[C@@]5(C)[C@@H](CC[C@]6(O)[C@@H]5C[C@@H](O)[C@@]5(C)[C@]6(O)CC[C@@]5(O)[C@H](C)OC(C)=O)C4)O[C@@H]3C)O[C@@H]2C)O[C@H](C)[C@H]1O. The predicted octanol–water partition coefficient (Wildman–Crippen LogP) is 1.85. The lowest BCUT2D eigenvalue weighted by atomic mass is 9.40. The first-order valence-electron chi connectivity index (χ1n) is 22.5. The van der Waals surface area contributed by atoms with Crippen molar-refractivity contribution >= 4 is 5.97 Å². The summed E-state index contributed by atoms with van der Waals surface area (Å²) in [5, 5.41) is 70.6. The molecule has 0 amide bonds. The topological polar surface area (TPSA) is 231 Å². The van der Waals surface area contributed by atoms with Crippen molar-refractivity contribution in [2.75, 3.05) is 21.3 Å². The normalized spacial score (nSPS) is 54.3. The van der Waals surface area contributed by atoms with Crippen molar-refractivity contribution in [1.29, 1.82) is 0 Å². The van der Waals surface area contributed by atoms with E-state index < -0.39 is 126 Å². The lowest BCUT2D eigenvalue weighted by molar-refractivity contribution is -0.353. The van der Waals surface area contributed by atoms with Crippen LogP contribution >= 0.6 is 0 Å². The largest absolute Gasteiger partial charge is 0.460 e. The standard InChI is InChI=1S/C44H74O17/c1-21-34(47)38(54-10)35(48)39(57-21)61-37-23(3)56-33(19-29(37)53-9)60-36-22(2)55-32(18-28(36)52-8)59-27-12-13-40(6)26(17-27)11-14-43(50)30(40)20-31(46)41(7)42(49,15-16-44(41,43)51)24(4)58-25(5)45/h21-24,26-39,46-51H,11-20H2,1-10H3/t21-,22-,23-,24+,26+,27+,28+,29+,30-,31-,32+,33+,34-,35-,36-,37-,38+,39+,40+,41-,42-,43+,44-/m1/s1. The molecule has 7 rings (SSSR count). The van der Waals surface area contributed by atoms with Crippen molar-refractivity contribution in [3.63, 3.8) is 0 Å². The lowest BCUT2D eigenvalue weighted by Crippen LogP contribution is -2.79. The van der Waals surface area contributed by atoms with Gasteiger partial charge in [-0.05, 0) is 96.3 Å². The number of carbonyl (C=O) groups excluding carboxylic acids is 1. The second kappa shape index (κ2) is 17.6. The molecular weight excluding hydrogens is 800 g/mol. The molecule has 4 aliphatic carbocycles. The van der Waals surface area contributed by atoms with Gasteiger partial charge in [-0.2, -0.15) is 0 Å². The molecule has 6 N–H and O–H groups in total. The van der Waals surface area contributed by atoms with Gasteiger partial charge in [0.2, 0.25) is 0 Å². The highest BCUT2D eigenvalue weighted by Crippen LogP contribution is 2.72. The van der Waals surface area contributed by atoms with E-state index in [1.165, 1.54) is 14.0 Å². The maximum atomic E-state index is 12.7. The van der Waals surface area contributed by atoms with Gasteiger partial charge in [-0.3, -0.25) is 4.79 Å². The Labute approximate surface area is 359 Å². The van der Waals surface area contributed by atoms with Gasteiger partial charge in [-0.25, -0.2) is 0 Å². The van der Waals surface area contributed by atoms with Gasteiger partial charge in [0.25, 0.3) is 0 Å². The van der Waals surface area contributed by atoms with E-state index in [1.54, 1.807) is 35.0 Å². The van der Waals surface area contributed by atoms with E-state index in [0.717, 1.165) is 6.42 Å². The Kier molecular flexibility index (Phi) is 13.8. The van der Waals surface area contributed by atoms with Crippen LogP contribution < -0.4 is 0 Å². The van der Waals surface area contributed by atoms with Crippen LogP contribution in [0.2, 0.25) is 0 Å². The summed E-state index contributed by atoms with van der Waals surface area (Å²) in [6, 6.07) is 0. The van der Waals surface area contributed by atoms with Crippen molar-refractivity contribution in [3.05, 3.63) is 0 Å². The quantitative estimate of drug-likeness (QED) is 0.129. The number of hydrogen-bond donors (Lipinski definition) is 6. The van der Waals surface area contributed by atoms with E-state index in [2.05, 4.69) is 6.92 Å². The van der Waals surface area contributed by atoms with Crippen LogP contribution in [0.3, 0.4) is 0 Å². The Morgan fingerprint density at radius 3 is 1.89 bits per heavy atom. The molecule has 352 valence electrons. The third-order valence-corrected chi connectivity index (χ3v) is 17.1. The summed E-state index contributed by atoms with van der Waals surface area (Å²) >= 11 is 0. The first kappa shape index (κ1) is 47.8. The van der Waals surface area contributed by atoms with Crippen LogP contribution in [-0.4, -0.2) is 173 Å². The maximum absolute atomic E-state index is 12.7. The van der Waals surface area contributed by atoms with Crippen molar-refractivity contribution in [3.8, 4) is 0 Å². The number of fused-ring (bicyclic) bond motifs is 5. The van der Waals surface area contributed by atoms with Crippen molar-refractivity contribution in [2.24, 2.45) is 22.7 Å². The van der Waals surface area contributed by atoms with Crippen molar-refractivity contribution in [2.45, 2.75) is 228 Å². The number of aliphatic hydroxyl groups excluding tert-OH is 3. The molecule has 0 spiro atoms. The molecule has 7 aliphatic rings. The Balaban J connectivity index is 0.957. The second-order valence-corrected chi connectivity index (χ2v) is 19.9. The minimum absolute atomic E-state index is 0.0703. The molecule has 7 fully saturated rings. The number of methoxy groups -OCH3 is 3. The molecule has 0 bridgehead atoms. The Bertz CT molecular complexity index is 1540. The van der Waals surface area contributed by atoms with Gasteiger partial charge in [-0.1, -0.05) is 13.8 Å². The molecule has 61 heavy (non-hydrogen) atoms. The van der Waals surface area contributed by atoms with Crippen LogP contribution in [0.25, 0.3) is 0 Å². The van der Waals surface area contributed by atoms with Crippen LogP contribution in [-0.2, 0) is 52.2 Å². The Morgan fingerprint density at radius 1 is 0.689 bits per heavy atom. The van der Waals surface area contributed by atoms with E-state index >= 15 is 0 Å². The highest BCUT2D eigenvalue weighted by Gasteiger charge is 2.81. The van der Waals surface area contributed by atoms with Crippen LogP contribution in [0.15, 0.2) is 0 Å². The minimum Gasteiger partial charge on any atom is -0.460 e. The third kappa shape index (κ3) is 7.74. The van der Waals surface area contributed by atoms with Gasteiger partial charge >= 0.3 is 5.97 Å². The second-order valence-electron chi connectivity index (χ2n) is 19.9. The molecule has 0 aromatic carbocycles. The lowest BCUT2D eigenvalue weighted by Gasteiger charge is -2.69. The summed E-state index contributed by atoms with van der Waals surface area (Å²) in [7, 11) is 4.63. The molecule has 0 unspecified atom stereocenters. The summed E-state index contributed by atoms with van der Waals surface area (Å²) in [4.78, 5) is 11.9. The molecule has 0 aromatic rings. The van der Waals surface area contributed by atoms with Crippen LogP contribution in [0.5, 0.6) is 0 Å². The van der Waals surface area contributed by atoms with Crippen molar-refractivity contribution in [1.82, 2.24) is 0 Å². The molecular formula is C44H74O17. The zero-order valence-corrected chi connectivity index (χ0v) is 37.6. The number of aliphatic hydroxyl groups is 6. The number of ether oxygens (including phenoxy) is 10. The number of rotatable bonds is 11. The van der Waals surface area contributed by atoms with Gasteiger partial charge in [0, 0.05) is 41.1 Å². The summed E-state index contributed by atoms with van der Waals surface area (Å²) in [5.74, 6) is -0.853. The molecule has 0 aromatic heterocycles. The number of esters is 1. The van der Waals surface area contributed by atoms with Gasteiger partial charge in [0.1, 0.15) is 47.8 Å². The first-order chi connectivity index (χ1) is 28.6. The maximum Gasteiger partial charge on any atom is 0.302 e. The van der Waals surface area contributed by atoms with Crippen LogP contribution in [0.1, 0.15) is 113 Å². The van der Waals surface area contributed by atoms with E-state index in [4.69, 9.17) is 47.4 Å². The Morgan fingerprint density at radius 2 is 1.30 bits per heavy atom. The summed E-state index contributed by atoms with van der Waals surface area (Å²) in [5.41, 5.74) is -7.06. The molecule has 0 radical (unpaired) electrons. The minimum atomic E-state index is -1.81. The fourth-order valence-corrected chi connectivity index (χ4v) is 13.4. The highest BCUT2D eigenvalue weighted by molar-refractivity contribution is 5.66. The zero-order valence-electron chi connectivity index (χ0n) is 37.6. The fraction of sp³-hybridized carbons (Fsp3) is 0.977. The van der Waals surface area contributed by atoms with E-state index in [1.807, 2.05) is 13.8 Å². The van der Waals surface area contributed by atoms with Gasteiger partial charge in [0.05, 0.1) is 53.7 Å². The molecule has 17 nitrogen and oxygen atoms in total. The monoisotopic (exact) mass is 874 g/mol. The van der Waals surface area contributed by atoms with E-state index in [9.17, 15) is 35.4 Å². The fourth-order valence-electron chi connectivity index (χ4n) is 13.4. The van der Waals surface area contributed by atoms with Gasteiger partial charge in [-0.15, -0.1) is 0 Å². The Hall–Kier alpha value is -1.13. The number of hydrogen-bond acceptors (Lipinski definition) is 17. The average molecular weight is 875 g/mol. The molecule has 3 saturated heterocycles. The summed E-state index contributed by atoms with van der Waals surface area (Å²) < 4.78 is 60.7. The molecule has 23 atom stereocenters. The molecule has 3 aliphatic heterocycles. The van der Waals surface area contributed by atoms with Gasteiger partial charge < -0.3 is 78.0 Å². The molecule has 17 heteroatoms. The van der Waals surface area contributed by atoms with Gasteiger partial charge in [0.15, 0.2) is 18.9 Å². The third-order valence-electron chi connectivity index (χ3n) is 17.1. The summed E-state index contributed by atoms with van der Waals surface area (Å²) in [6.07, 6.45) is -7.11. The molecule has 3 heterocycles. The van der Waals surface area contributed by atoms with E-state index in [0.29, 0.717) is 38.5 Å².